The van der Waals surface area contributed by atoms with Gasteiger partial charge in [0.15, 0.2) is 0 Å². The summed E-state index contributed by atoms with van der Waals surface area (Å²) >= 11 is 4.24. The third-order valence-corrected chi connectivity index (χ3v) is 2.74. The number of rotatable bonds is 6. The van der Waals surface area contributed by atoms with Gasteiger partial charge < -0.3 is 4.74 Å². The molecular formula is C11H15NO3S. The summed E-state index contributed by atoms with van der Waals surface area (Å²) in [4.78, 5) is 10.2. The first-order valence-electron chi connectivity index (χ1n) is 5.12. The van der Waals surface area contributed by atoms with E-state index in [1.807, 2.05) is 13.0 Å². The van der Waals surface area contributed by atoms with Gasteiger partial charge in [0.05, 0.1) is 11.5 Å². The molecule has 88 valence electrons. The maximum absolute atomic E-state index is 10.6. The molecule has 0 spiro atoms. The SMILES string of the molecule is CCOCC(CS)c1cccc([N+](=O)[O-])c1. The lowest BCUT2D eigenvalue weighted by atomic mass is 10.0. The monoisotopic (exact) mass is 241 g/mol. The number of hydrogen-bond donors (Lipinski definition) is 1. The van der Waals surface area contributed by atoms with Gasteiger partial charge in [-0.1, -0.05) is 12.1 Å². The fourth-order valence-corrected chi connectivity index (χ4v) is 1.72. The van der Waals surface area contributed by atoms with Crippen molar-refractivity contribution in [2.24, 2.45) is 0 Å². The minimum atomic E-state index is -0.389. The fourth-order valence-electron chi connectivity index (χ4n) is 1.41. The summed E-state index contributed by atoms with van der Waals surface area (Å²) in [7, 11) is 0. The third kappa shape index (κ3) is 3.50. The number of nitro groups is 1. The minimum Gasteiger partial charge on any atom is -0.381 e. The van der Waals surface area contributed by atoms with E-state index in [0.29, 0.717) is 19.0 Å². The summed E-state index contributed by atoms with van der Waals surface area (Å²) in [6.45, 7) is 3.10. The van der Waals surface area contributed by atoms with Crippen LogP contribution in [-0.2, 0) is 4.74 Å². The highest BCUT2D eigenvalue weighted by Gasteiger charge is 2.13. The molecule has 0 aliphatic heterocycles. The lowest BCUT2D eigenvalue weighted by Gasteiger charge is -2.14. The molecule has 5 heteroatoms. The molecule has 0 heterocycles. The number of hydrogen-bond acceptors (Lipinski definition) is 4. The van der Waals surface area contributed by atoms with Crippen molar-refractivity contribution in [3.8, 4) is 0 Å². The van der Waals surface area contributed by atoms with Crippen LogP contribution < -0.4 is 0 Å². The molecule has 1 aromatic carbocycles. The normalized spacial score (nSPS) is 12.4. The summed E-state index contributed by atoms with van der Waals surface area (Å²) in [5.41, 5.74) is 1.01. The molecule has 0 radical (unpaired) electrons. The lowest BCUT2D eigenvalue weighted by Crippen LogP contribution is -2.09. The van der Waals surface area contributed by atoms with Gasteiger partial charge in [0.1, 0.15) is 0 Å². The van der Waals surface area contributed by atoms with Crippen molar-refractivity contribution < 1.29 is 9.66 Å². The first-order chi connectivity index (χ1) is 7.69. The Bertz CT molecular complexity index is 357. The molecule has 0 N–H and O–H groups in total. The van der Waals surface area contributed by atoms with E-state index < -0.39 is 0 Å². The maximum Gasteiger partial charge on any atom is 0.269 e. The van der Waals surface area contributed by atoms with E-state index in [2.05, 4.69) is 12.6 Å². The molecule has 0 aliphatic rings. The Hall–Kier alpha value is -1.07. The second-order valence-electron chi connectivity index (χ2n) is 3.39. The number of nitro benzene ring substituents is 1. The van der Waals surface area contributed by atoms with Gasteiger partial charge in [0.2, 0.25) is 0 Å². The van der Waals surface area contributed by atoms with Crippen molar-refractivity contribution in [3.05, 3.63) is 39.9 Å². The van der Waals surface area contributed by atoms with Crippen LogP contribution in [0.4, 0.5) is 5.69 Å². The van der Waals surface area contributed by atoms with E-state index in [0.717, 1.165) is 5.56 Å². The summed E-state index contributed by atoms with van der Waals surface area (Å²) in [6.07, 6.45) is 0. The van der Waals surface area contributed by atoms with Crippen molar-refractivity contribution >= 4 is 18.3 Å². The Labute approximate surface area is 100 Å². The smallest absolute Gasteiger partial charge is 0.269 e. The van der Waals surface area contributed by atoms with Crippen LogP contribution in [0, 0.1) is 10.1 Å². The summed E-state index contributed by atoms with van der Waals surface area (Å²) in [5, 5.41) is 10.6. The fraction of sp³-hybridized carbons (Fsp3) is 0.455. The Morgan fingerprint density at radius 3 is 2.88 bits per heavy atom. The minimum absolute atomic E-state index is 0.100. The van der Waals surface area contributed by atoms with Gasteiger partial charge >= 0.3 is 0 Å². The Morgan fingerprint density at radius 2 is 2.31 bits per heavy atom. The molecule has 16 heavy (non-hydrogen) atoms. The summed E-state index contributed by atoms with van der Waals surface area (Å²) in [6, 6.07) is 6.63. The molecule has 0 fully saturated rings. The van der Waals surface area contributed by atoms with Crippen LogP contribution in [0.15, 0.2) is 24.3 Å². The zero-order valence-corrected chi connectivity index (χ0v) is 10.0. The van der Waals surface area contributed by atoms with Crippen LogP contribution in [0.3, 0.4) is 0 Å². The van der Waals surface area contributed by atoms with Crippen molar-refractivity contribution in [1.82, 2.24) is 0 Å². The lowest BCUT2D eigenvalue weighted by molar-refractivity contribution is -0.384. The zero-order chi connectivity index (χ0) is 12.0. The molecule has 1 unspecified atom stereocenters. The van der Waals surface area contributed by atoms with Crippen molar-refractivity contribution in [2.75, 3.05) is 19.0 Å². The number of benzene rings is 1. The molecule has 1 rings (SSSR count). The number of nitrogens with zero attached hydrogens (tertiary/aromatic N) is 1. The molecule has 1 aromatic rings. The molecule has 1 atom stereocenters. The molecule has 0 bridgehead atoms. The van der Waals surface area contributed by atoms with Gasteiger partial charge in [0.25, 0.3) is 5.69 Å². The van der Waals surface area contributed by atoms with E-state index in [1.54, 1.807) is 12.1 Å². The van der Waals surface area contributed by atoms with Crippen LogP contribution in [-0.4, -0.2) is 23.9 Å². The largest absolute Gasteiger partial charge is 0.381 e. The molecule has 0 saturated heterocycles. The van der Waals surface area contributed by atoms with Gasteiger partial charge in [-0.2, -0.15) is 12.6 Å². The zero-order valence-electron chi connectivity index (χ0n) is 9.13. The van der Waals surface area contributed by atoms with E-state index in [1.165, 1.54) is 6.07 Å². The predicted molar refractivity (Wildman–Crippen MR) is 66.2 cm³/mol. The average molecular weight is 241 g/mol. The molecule has 0 amide bonds. The van der Waals surface area contributed by atoms with E-state index in [4.69, 9.17) is 4.74 Å². The van der Waals surface area contributed by atoms with Crippen molar-refractivity contribution in [3.63, 3.8) is 0 Å². The van der Waals surface area contributed by atoms with Crippen LogP contribution in [0.1, 0.15) is 18.4 Å². The highest BCUT2D eigenvalue weighted by atomic mass is 32.1. The standard InChI is InChI=1S/C11H15NO3S/c1-2-15-7-10(8-16)9-4-3-5-11(6-9)12(13)14/h3-6,10,16H,2,7-8H2,1H3. The van der Waals surface area contributed by atoms with Crippen molar-refractivity contribution in [1.29, 1.82) is 0 Å². The van der Waals surface area contributed by atoms with Gasteiger partial charge in [-0.05, 0) is 18.2 Å². The number of non-ortho nitro benzene ring substituents is 1. The number of thiol groups is 1. The first-order valence-corrected chi connectivity index (χ1v) is 5.75. The van der Waals surface area contributed by atoms with Gasteiger partial charge in [-0.3, -0.25) is 10.1 Å². The summed E-state index contributed by atoms with van der Waals surface area (Å²) in [5.74, 6) is 0.712. The molecular weight excluding hydrogens is 226 g/mol. The second-order valence-corrected chi connectivity index (χ2v) is 3.76. The molecule has 0 saturated carbocycles. The topological polar surface area (TPSA) is 52.4 Å². The second kappa shape index (κ2) is 6.50. The molecule has 4 nitrogen and oxygen atoms in total. The summed E-state index contributed by atoms with van der Waals surface area (Å²) < 4.78 is 5.32. The Kier molecular flexibility index (Phi) is 5.28. The van der Waals surface area contributed by atoms with Crippen LogP contribution in [0.25, 0.3) is 0 Å². The highest BCUT2D eigenvalue weighted by Crippen LogP contribution is 2.22. The first kappa shape index (κ1) is 13.0. The van der Waals surface area contributed by atoms with Crippen LogP contribution >= 0.6 is 12.6 Å². The van der Waals surface area contributed by atoms with Crippen LogP contribution in [0.5, 0.6) is 0 Å². The maximum atomic E-state index is 10.6. The highest BCUT2D eigenvalue weighted by molar-refractivity contribution is 7.80. The van der Waals surface area contributed by atoms with Gasteiger partial charge in [-0.25, -0.2) is 0 Å². The Balaban J connectivity index is 2.83. The van der Waals surface area contributed by atoms with Crippen molar-refractivity contribution in [2.45, 2.75) is 12.8 Å². The van der Waals surface area contributed by atoms with Gasteiger partial charge in [-0.15, -0.1) is 0 Å². The molecule has 0 aliphatic carbocycles. The van der Waals surface area contributed by atoms with E-state index in [-0.39, 0.29) is 16.5 Å². The Morgan fingerprint density at radius 1 is 1.56 bits per heavy atom. The number of ether oxygens (including phenoxy) is 1. The molecule has 0 aromatic heterocycles. The average Bonchev–Trinajstić information content (AvgIpc) is 2.30. The van der Waals surface area contributed by atoms with Gasteiger partial charge in [0, 0.05) is 24.7 Å². The third-order valence-electron chi connectivity index (χ3n) is 2.30. The van der Waals surface area contributed by atoms with Crippen LogP contribution in [0.2, 0.25) is 0 Å². The predicted octanol–water partition coefficient (Wildman–Crippen LogP) is 2.64. The van der Waals surface area contributed by atoms with E-state index in [9.17, 15) is 10.1 Å². The quantitative estimate of drug-likeness (QED) is 0.473. The van der Waals surface area contributed by atoms with E-state index >= 15 is 0 Å².